The van der Waals surface area contributed by atoms with Crippen LogP contribution in [0.25, 0.3) is 11.2 Å². The first-order chi connectivity index (χ1) is 14.2. The Kier molecular flexibility index (Phi) is 4.34. The Morgan fingerprint density at radius 3 is 2.79 bits per heavy atom. The minimum absolute atomic E-state index is 0.0176. The number of rotatable bonds is 5. The average molecular weight is 393 g/mol. The van der Waals surface area contributed by atoms with Gasteiger partial charge in [-0.25, -0.2) is 14.8 Å². The van der Waals surface area contributed by atoms with E-state index in [-0.39, 0.29) is 17.6 Å². The number of methoxy groups -OCH3 is 1. The zero-order valence-corrected chi connectivity index (χ0v) is 16.3. The summed E-state index contributed by atoms with van der Waals surface area (Å²) in [4.78, 5) is 36.5. The Balaban J connectivity index is 1.42. The summed E-state index contributed by atoms with van der Waals surface area (Å²) in [7, 11) is 1.54. The summed E-state index contributed by atoms with van der Waals surface area (Å²) in [6.07, 6.45) is 6.35. The number of carbonyl (C=O) groups excluding carboxylic acids is 1. The number of nitrogens with zero attached hydrogens (tertiary/aromatic N) is 5. The number of carbonyl (C=O) groups is 1. The molecule has 1 atom stereocenters. The van der Waals surface area contributed by atoms with E-state index < -0.39 is 0 Å². The third-order valence-corrected chi connectivity index (χ3v) is 5.87. The molecule has 8 nitrogen and oxygen atoms in total. The van der Waals surface area contributed by atoms with Crippen molar-refractivity contribution in [2.75, 3.05) is 20.2 Å². The van der Waals surface area contributed by atoms with Gasteiger partial charge in [-0.2, -0.15) is 0 Å². The molecule has 4 heterocycles. The van der Waals surface area contributed by atoms with Gasteiger partial charge >= 0.3 is 5.69 Å². The molecule has 3 aromatic rings. The van der Waals surface area contributed by atoms with E-state index in [4.69, 9.17) is 4.74 Å². The Bertz CT molecular complexity index is 1110. The van der Waals surface area contributed by atoms with E-state index in [1.807, 2.05) is 16.7 Å². The summed E-state index contributed by atoms with van der Waals surface area (Å²) in [6, 6.07) is 7.16. The van der Waals surface area contributed by atoms with Crippen LogP contribution in [-0.2, 0) is 6.54 Å². The Morgan fingerprint density at radius 1 is 1.21 bits per heavy atom. The number of fused-ring (bicyclic) bond motifs is 1. The molecule has 1 aliphatic heterocycles. The highest BCUT2D eigenvalue weighted by molar-refractivity contribution is 5.94. The predicted molar refractivity (Wildman–Crippen MR) is 107 cm³/mol. The van der Waals surface area contributed by atoms with Crippen LogP contribution in [0.4, 0.5) is 0 Å². The number of imidazole rings is 1. The van der Waals surface area contributed by atoms with Crippen LogP contribution in [0.2, 0.25) is 0 Å². The van der Waals surface area contributed by atoms with Crippen LogP contribution in [0.3, 0.4) is 0 Å². The normalized spacial score (nSPS) is 19.1. The van der Waals surface area contributed by atoms with E-state index in [1.54, 1.807) is 34.9 Å². The maximum absolute atomic E-state index is 13.2. The molecule has 0 aromatic carbocycles. The van der Waals surface area contributed by atoms with Gasteiger partial charge in [-0.05, 0) is 43.4 Å². The summed E-state index contributed by atoms with van der Waals surface area (Å²) in [5, 5.41) is 0. The molecule has 1 amide bonds. The summed E-state index contributed by atoms with van der Waals surface area (Å²) in [5.41, 5.74) is 2.10. The van der Waals surface area contributed by atoms with Crippen molar-refractivity contribution in [3.63, 3.8) is 0 Å². The van der Waals surface area contributed by atoms with Crippen molar-refractivity contribution in [3.05, 3.63) is 52.7 Å². The monoisotopic (exact) mass is 393 g/mol. The van der Waals surface area contributed by atoms with Crippen LogP contribution < -0.4 is 10.4 Å². The lowest BCUT2D eigenvalue weighted by atomic mass is 10.2. The number of amides is 1. The van der Waals surface area contributed by atoms with Crippen molar-refractivity contribution in [1.82, 2.24) is 24.0 Å². The zero-order chi connectivity index (χ0) is 20.0. The Morgan fingerprint density at radius 2 is 2.07 bits per heavy atom. The van der Waals surface area contributed by atoms with Gasteiger partial charge in [0.05, 0.1) is 24.2 Å². The van der Waals surface area contributed by atoms with E-state index in [2.05, 4.69) is 9.97 Å². The zero-order valence-electron chi connectivity index (χ0n) is 16.3. The molecule has 0 N–H and O–H groups in total. The molecule has 0 unspecified atom stereocenters. The molecule has 5 rings (SSSR count). The van der Waals surface area contributed by atoms with Gasteiger partial charge in [-0.3, -0.25) is 13.9 Å². The molecular formula is C21H23N5O3. The van der Waals surface area contributed by atoms with Crippen molar-refractivity contribution in [1.29, 1.82) is 0 Å². The number of hydrogen-bond donors (Lipinski definition) is 0. The van der Waals surface area contributed by atoms with Crippen molar-refractivity contribution in [2.45, 2.75) is 31.8 Å². The SMILES string of the molecule is COc1ccc(C(=O)N2CC[C@@H](n3c(=O)n(CC4CC4)c4cccnc43)C2)cn1. The number of hydrogen-bond acceptors (Lipinski definition) is 5. The van der Waals surface area contributed by atoms with Crippen LogP contribution in [0, 0.1) is 5.92 Å². The first kappa shape index (κ1) is 17.9. The van der Waals surface area contributed by atoms with Gasteiger partial charge in [-0.1, -0.05) is 0 Å². The molecule has 1 aliphatic carbocycles. The second kappa shape index (κ2) is 7.02. The number of ether oxygens (including phenoxy) is 1. The molecule has 0 bridgehead atoms. The largest absolute Gasteiger partial charge is 0.481 e. The molecule has 1 saturated carbocycles. The second-order valence-electron chi connectivity index (χ2n) is 7.84. The summed E-state index contributed by atoms with van der Waals surface area (Å²) < 4.78 is 8.70. The summed E-state index contributed by atoms with van der Waals surface area (Å²) in [6.45, 7) is 1.84. The van der Waals surface area contributed by atoms with Gasteiger partial charge in [0.1, 0.15) is 0 Å². The van der Waals surface area contributed by atoms with Crippen molar-refractivity contribution in [2.24, 2.45) is 5.92 Å². The minimum atomic E-state index is -0.0784. The molecule has 0 radical (unpaired) electrons. The summed E-state index contributed by atoms with van der Waals surface area (Å²) in [5.74, 6) is 0.989. The lowest BCUT2D eigenvalue weighted by molar-refractivity contribution is 0.0787. The molecule has 3 aromatic heterocycles. The maximum Gasteiger partial charge on any atom is 0.330 e. The molecule has 1 saturated heterocycles. The highest BCUT2D eigenvalue weighted by Gasteiger charge is 2.32. The Hall–Kier alpha value is -3.16. The molecule has 29 heavy (non-hydrogen) atoms. The number of aromatic nitrogens is 4. The summed E-state index contributed by atoms with van der Waals surface area (Å²) >= 11 is 0. The lowest BCUT2D eigenvalue weighted by Crippen LogP contribution is -2.32. The first-order valence-corrected chi connectivity index (χ1v) is 10.0. The van der Waals surface area contributed by atoms with Gasteiger partial charge in [0.25, 0.3) is 5.91 Å². The third-order valence-electron chi connectivity index (χ3n) is 5.87. The fraction of sp³-hybridized carbons (Fsp3) is 0.429. The maximum atomic E-state index is 13.2. The van der Waals surface area contributed by atoms with Gasteiger partial charge in [0.2, 0.25) is 5.88 Å². The van der Waals surface area contributed by atoms with E-state index in [0.717, 1.165) is 18.5 Å². The van der Waals surface area contributed by atoms with Gasteiger partial charge in [0.15, 0.2) is 5.65 Å². The topological polar surface area (TPSA) is 82.2 Å². The van der Waals surface area contributed by atoms with Gasteiger partial charge in [-0.15, -0.1) is 0 Å². The van der Waals surface area contributed by atoms with Crippen molar-refractivity contribution < 1.29 is 9.53 Å². The highest BCUT2D eigenvalue weighted by atomic mass is 16.5. The average Bonchev–Trinajstić information content (AvgIpc) is 3.38. The van der Waals surface area contributed by atoms with Gasteiger partial charge in [0, 0.05) is 38.1 Å². The van der Waals surface area contributed by atoms with Crippen LogP contribution in [-0.4, -0.2) is 50.1 Å². The molecular weight excluding hydrogens is 370 g/mol. The fourth-order valence-corrected chi connectivity index (χ4v) is 4.12. The first-order valence-electron chi connectivity index (χ1n) is 10.0. The molecule has 2 fully saturated rings. The predicted octanol–water partition coefficient (Wildman–Crippen LogP) is 2.10. The van der Waals surface area contributed by atoms with Crippen molar-refractivity contribution in [3.8, 4) is 5.88 Å². The minimum Gasteiger partial charge on any atom is -0.481 e. The third kappa shape index (κ3) is 3.18. The number of pyridine rings is 2. The number of likely N-dealkylation sites (tertiary alicyclic amines) is 1. The lowest BCUT2D eigenvalue weighted by Gasteiger charge is -2.17. The van der Waals surface area contributed by atoms with Crippen LogP contribution >= 0.6 is 0 Å². The Labute approximate surface area is 167 Å². The van der Waals surface area contributed by atoms with Crippen LogP contribution in [0.15, 0.2) is 41.5 Å². The van der Waals surface area contributed by atoms with E-state index >= 15 is 0 Å². The highest BCUT2D eigenvalue weighted by Crippen LogP contribution is 2.32. The van der Waals surface area contributed by atoms with Crippen LogP contribution in [0.5, 0.6) is 5.88 Å². The molecule has 0 spiro atoms. The standard InChI is InChI=1S/C21H23N5O3/c1-29-18-7-6-15(11-23-18)20(27)24-10-8-16(13-24)26-19-17(3-2-9-22-19)25(21(26)28)12-14-4-5-14/h2-3,6-7,9,11,14,16H,4-5,8,10,12-13H2,1H3/t16-/m1/s1. The quantitative estimate of drug-likeness (QED) is 0.663. The molecule has 8 heteroatoms. The molecule has 2 aliphatic rings. The van der Waals surface area contributed by atoms with E-state index in [0.29, 0.717) is 36.1 Å². The fourth-order valence-electron chi connectivity index (χ4n) is 4.12. The second-order valence-corrected chi connectivity index (χ2v) is 7.84. The smallest absolute Gasteiger partial charge is 0.330 e. The van der Waals surface area contributed by atoms with E-state index in [9.17, 15) is 9.59 Å². The van der Waals surface area contributed by atoms with Crippen LogP contribution in [0.1, 0.15) is 35.7 Å². The molecule has 150 valence electrons. The van der Waals surface area contributed by atoms with Gasteiger partial charge < -0.3 is 9.64 Å². The van der Waals surface area contributed by atoms with Crippen molar-refractivity contribution >= 4 is 17.1 Å². The van der Waals surface area contributed by atoms with E-state index in [1.165, 1.54) is 19.0 Å².